The lowest BCUT2D eigenvalue weighted by atomic mass is 10.1. The number of hydrogen-bond donors (Lipinski definition) is 3. The number of rotatable bonds is 8. The third-order valence-corrected chi connectivity index (χ3v) is 2.68. The summed E-state index contributed by atoms with van der Waals surface area (Å²) >= 11 is 0. The summed E-state index contributed by atoms with van der Waals surface area (Å²) in [7, 11) is 0. The van der Waals surface area contributed by atoms with Crippen LogP contribution in [0.2, 0.25) is 0 Å². The van der Waals surface area contributed by atoms with E-state index in [2.05, 4.69) is 10.6 Å². The van der Waals surface area contributed by atoms with Crippen LogP contribution in [0.4, 0.5) is 0 Å². The van der Waals surface area contributed by atoms with E-state index in [4.69, 9.17) is 5.11 Å². The molecule has 16 heavy (non-hydrogen) atoms. The fourth-order valence-electron chi connectivity index (χ4n) is 1.32. The zero-order valence-corrected chi connectivity index (χ0v) is 9.66. The Hall–Kier alpha value is -1.10. The molecule has 0 aromatic rings. The van der Waals surface area contributed by atoms with Crippen molar-refractivity contribution >= 4 is 11.9 Å². The van der Waals surface area contributed by atoms with Crippen LogP contribution in [0.1, 0.15) is 32.6 Å². The van der Waals surface area contributed by atoms with Gasteiger partial charge < -0.3 is 15.7 Å². The number of carboxylic acid groups (broad SMARTS) is 1. The second kappa shape index (κ2) is 6.48. The van der Waals surface area contributed by atoms with Crippen molar-refractivity contribution in [3.63, 3.8) is 0 Å². The first-order valence-electron chi connectivity index (χ1n) is 5.82. The Labute approximate surface area is 95.6 Å². The Morgan fingerprint density at radius 2 is 2.06 bits per heavy atom. The van der Waals surface area contributed by atoms with Crippen LogP contribution >= 0.6 is 0 Å². The summed E-state index contributed by atoms with van der Waals surface area (Å²) in [5, 5.41) is 14.6. The molecule has 0 aromatic carbocycles. The van der Waals surface area contributed by atoms with E-state index in [0.717, 1.165) is 0 Å². The van der Waals surface area contributed by atoms with Crippen molar-refractivity contribution < 1.29 is 14.7 Å². The number of aliphatic carboxylic acids is 1. The van der Waals surface area contributed by atoms with Crippen LogP contribution in [0.15, 0.2) is 0 Å². The summed E-state index contributed by atoms with van der Waals surface area (Å²) in [5.74, 6) is -1.22. The number of carbonyl (C=O) groups is 2. The van der Waals surface area contributed by atoms with E-state index < -0.39 is 11.9 Å². The molecule has 5 heteroatoms. The fourth-order valence-corrected chi connectivity index (χ4v) is 1.32. The van der Waals surface area contributed by atoms with Gasteiger partial charge in [-0.3, -0.25) is 9.59 Å². The normalized spacial score (nSPS) is 16.8. The molecule has 0 spiro atoms. The van der Waals surface area contributed by atoms with E-state index in [0.29, 0.717) is 32.0 Å². The highest BCUT2D eigenvalue weighted by Crippen LogP contribution is 2.18. The van der Waals surface area contributed by atoms with E-state index in [1.807, 2.05) is 0 Å². The van der Waals surface area contributed by atoms with Crippen molar-refractivity contribution in [3.05, 3.63) is 0 Å². The molecule has 0 aliphatic heterocycles. The highest BCUT2D eigenvalue weighted by atomic mass is 16.4. The van der Waals surface area contributed by atoms with Gasteiger partial charge in [-0.1, -0.05) is 6.92 Å². The first kappa shape index (κ1) is 13.0. The lowest BCUT2D eigenvalue weighted by Crippen LogP contribution is -2.30. The van der Waals surface area contributed by atoms with Gasteiger partial charge in [-0.2, -0.15) is 0 Å². The molecule has 1 unspecified atom stereocenters. The predicted molar refractivity (Wildman–Crippen MR) is 60.1 cm³/mol. The summed E-state index contributed by atoms with van der Waals surface area (Å²) < 4.78 is 0. The van der Waals surface area contributed by atoms with Crippen molar-refractivity contribution in [1.82, 2.24) is 10.6 Å². The van der Waals surface area contributed by atoms with Crippen LogP contribution in [0.5, 0.6) is 0 Å². The number of hydrogen-bond acceptors (Lipinski definition) is 3. The molecule has 0 bridgehead atoms. The standard InChI is InChI=1S/C11H20N2O3/c1-8(11(15)16)4-6-13-10(14)5-7-12-9-2-3-9/h8-9,12H,2-7H2,1H3,(H,13,14)(H,15,16). The number of nitrogens with one attached hydrogen (secondary N) is 2. The molecule has 0 heterocycles. The van der Waals surface area contributed by atoms with Gasteiger partial charge in [-0.05, 0) is 19.3 Å². The summed E-state index contributed by atoms with van der Waals surface area (Å²) in [4.78, 5) is 21.8. The molecular formula is C11H20N2O3. The molecule has 0 radical (unpaired) electrons. The molecule has 1 saturated carbocycles. The number of carboxylic acids is 1. The molecule has 1 atom stereocenters. The fraction of sp³-hybridized carbons (Fsp3) is 0.818. The van der Waals surface area contributed by atoms with E-state index >= 15 is 0 Å². The van der Waals surface area contributed by atoms with E-state index in [1.165, 1.54) is 12.8 Å². The zero-order valence-electron chi connectivity index (χ0n) is 9.66. The largest absolute Gasteiger partial charge is 0.481 e. The van der Waals surface area contributed by atoms with Crippen molar-refractivity contribution in [2.75, 3.05) is 13.1 Å². The molecule has 0 aromatic heterocycles. The van der Waals surface area contributed by atoms with E-state index in [-0.39, 0.29) is 5.91 Å². The summed E-state index contributed by atoms with van der Waals surface area (Å²) in [6.45, 7) is 2.80. The quantitative estimate of drug-likeness (QED) is 0.560. The minimum atomic E-state index is -0.815. The van der Waals surface area contributed by atoms with Crippen LogP contribution in [0, 0.1) is 5.92 Å². The first-order chi connectivity index (χ1) is 7.59. The monoisotopic (exact) mass is 228 g/mol. The van der Waals surface area contributed by atoms with Crippen LogP contribution in [-0.4, -0.2) is 36.1 Å². The second-order valence-electron chi connectivity index (χ2n) is 4.36. The first-order valence-corrected chi connectivity index (χ1v) is 5.82. The lowest BCUT2D eigenvalue weighted by Gasteiger charge is -2.08. The summed E-state index contributed by atoms with van der Waals surface area (Å²) in [6.07, 6.45) is 3.39. The summed E-state index contributed by atoms with van der Waals surface area (Å²) in [6, 6.07) is 0.625. The average Bonchev–Trinajstić information content (AvgIpc) is 3.01. The van der Waals surface area contributed by atoms with Gasteiger partial charge in [-0.25, -0.2) is 0 Å². The van der Waals surface area contributed by atoms with Crippen LogP contribution in [0.3, 0.4) is 0 Å². The lowest BCUT2D eigenvalue weighted by molar-refractivity contribution is -0.141. The Balaban J connectivity index is 1.94. The van der Waals surface area contributed by atoms with E-state index in [9.17, 15) is 9.59 Å². The van der Waals surface area contributed by atoms with Crippen LogP contribution in [0.25, 0.3) is 0 Å². The topological polar surface area (TPSA) is 78.4 Å². The maximum atomic E-state index is 11.3. The molecule has 1 aliphatic carbocycles. The van der Waals surface area contributed by atoms with Gasteiger partial charge in [0.1, 0.15) is 0 Å². The second-order valence-corrected chi connectivity index (χ2v) is 4.36. The molecule has 5 nitrogen and oxygen atoms in total. The smallest absolute Gasteiger partial charge is 0.306 e. The van der Waals surface area contributed by atoms with Crippen molar-refractivity contribution in [2.24, 2.45) is 5.92 Å². The molecule has 3 N–H and O–H groups in total. The van der Waals surface area contributed by atoms with Gasteiger partial charge in [0, 0.05) is 25.6 Å². The van der Waals surface area contributed by atoms with Gasteiger partial charge >= 0.3 is 5.97 Å². The highest BCUT2D eigenvalue weighted by Gasteiger charge is 2.20. The predicted octanol–water partition coefficient (Wildman–Crippen LogP) is 0.355. The molecule has 92 valence electrons. The van der Waals surface area contributed by atoms with Gasteiger partial charge in [0.2, 0.25) is 5.91 Å². The van der Waals surface area contributed by atoms with Gasteiger partial charge in [-0.15, -0.1) is 0 Å². The van der Waals surface area contributed by atoms with Crippen molar-refractivity contribution in [3.8, 4) is 0 Å². The van der Waals surface area contributed by atoms with E-state index in [1.54, 1.807) is 6.92 Å². The van der Waals surface area contributed by atoms with Gasteiger partial charge in [0.05, 0.1) is 5.92 Å². The zero-order chi connectivity index (χ0) is 12.0. The minimum absolute atomic E-state index is 0.00858. The average molecular weight is 228 g/mol. The highest BCUT2D eigenvalue weighted by molar-refractivity contribution is 5.76. The SMILES string of the molecule is CC(CCNC(=O)CCNC1CC1)C(=O)O. The van der Waals surface area contributed by atoms with Crippen molar-refractivity contribution in [1.29, 1.82) is 0 Å². The molecular weight excluding hydrogens is 208 g/mol. The Morgan fingerprint density at radius 3 is 2.62 bits per heavy atom. The third-order valence-electron chi connectivity index (χ3n) is 2.68. The maximum absolute atomic E-state index is 11.3. The molecule has 1 aliphatic rings. The Morgan fingerprint density at radius 1 is 1.38 bits per heavy atom. The van der Waals surface area contributed by atoms with Crippen LogP contribution < -0.4 is 10.6 Å². The van der Waals surface area contributed by atoms with Crippen LogP contribution in [-0.2, 0) is 9.59 Å². The minimum Gasteiger partial charge on any atom is -0.481 e. The maximum Gasteiger partial charge on any atom is 0.306 e. The molecule has 0 saturated heterocycles. The van der Waals surface area contributed by atoms with Gasteiger partial charge in [0.25, 0.3) is 0 Å². The molecule has 1 fully saturated rings. The van der Waals surface area contributed by atoms with Gasteiger partial charge in [0.15, 0.2) is 0 Å². The number of carbonyl (C=O) groups excluding carboxylic acids is 1. The Kier molecular flexibility index (Phi) is 5.25. The Bertz CT molecular complexity index is 252. The summed E-state index contributed by atoms with van der Waals surface area (Å²) in [5.41, 5.74) is 0. The molecule has 1 rings (SSSR count). The third kappa shape index (κ3) is 5.70. The van der Waals surface area contributed by atoms with Crippen molar-refractivity contribution in [2.45, 2.75) is 38.6 Å². The molecule has 1 amide bonds. The number of amides is 1.